The number of ketones is 3. The highest BCUT2D eigenvalue weighted by atomic mass is 16.7. The highest BCUT2D eigenvalue weighted by Crippen LogP contribution is 2.49. The van der Waals surface area contributed by atoms with Crippen molar-refractivity contribution in [3.8, 4) is 17.2 Å². The minimum atomic E-state index is -2.25. The molecule has 13 nitrogen and oxygen atoms in total. The van der Waals surface area contributed by atoms with Gasteiger partial charge in [-0.25, -0.2) is 0 Å². The third-order valence-electron chi connectivity index (χ3n) is 8.02. The van der Waals surface area contributed by atoms with Crippen molar-refractivity contribution in [3.63, 3.8) is 0 Å². The lowest BCUT2D eigenvalue weighted by Gasteiger charge is -2.46. The highest BCUT2D eigenvalue weighted by molar-refractivity contribution is 6.31. The van der Waals surface area contributed by atoms with E-state index in [0.717, 1.165) is 12.1 Å². The summed E-state index contributed by atoms with van der Waals surface area (Å²) in [5, 5.41) is 54.2. The summed E-state index contributed by atoms with van der Waals surface area (Å²) in [5.74, 6) is -3.85. The Morgan fingerprint density at radius 1 is 0.878 bits per heavy atom. The second-order valence-corrected chi connectivity index (χ2v) is 10.4. The smallest absolute Gasteiger partial charge is 0.201 e. The zero-order valence-corrected chi connectivity index (χ0v) is 22.8. The van der Waals surface area contributed by atoms with Gasteiger partial charge in [0.2, 0.25) is 5.78 Å². The van der Waals surface area contributed by atoms with E-state index in [0.29, 0.717) is 0 Å². The molecule has 220 valence electrons. The number of benzene rings is 2. The van der Waals surface area contributed by atoms with Gasteiger partial charge in [0.1, 0.15) is 47.8 Å². The third-order valence-corrected chi connectivity index (χ3v) is 8.02. The normalized spacial score (nSPS) is 32.8. The predicted octanol–water partition coefficient (Wildman–Crippen LogP) is 0.383. The first-order valence-electron chi connectivity index (χ1n) is 12.7. The Bertz CT molecular complexity index is 1450. The van der Waals surface area contributed by atoms with E-state index in [2.05, 4.69) is 0 Å². The van der Waals surface area contributed by atoms with E-state index < -0.39 is 82.9 Å². The second-order valence-electron chi connectivity index (χ2n) is 10.4. The maximum absolute atomic E-state index is 13.6. The van der Waals surface area contributed by atoms with Crippen LogP contribution in [0.5, 0.6) is 17.2 Å². The predicted molar refractivity (Wildman–Crippen MR) is 136 cm³/mol. The Labute approximate surface area is 233 Å². The van der Waals surface area contributed by atoms with Crippen molar-refractivity contribution in [3.05, 3.63) is 51.6 Å². The average Bonchev–Trinajstić information content (AvgIpc) is 2.92. The number of hydrogen-bond donors (Lipinski definition) is 5. The molecule has 0 bridgehead atoms. The standard InChI is InChI=1S/C28H30O13/c1-9-18(30)22(34)24(38-4)27(40-9)41-23-17-13(25(35)28(2,36)26(23)39-5)8-12-16(21(17)33)20(32)15-11(19(12)31)6-10(37-3)7-14(15)29/h6-9,18,22-24,26-27,29-30,33-34,36H,1-5H3/t9?,18?,22?,23-,24?,26+,27?,28-/m1/s1. The van der Waals surface area contributed by atoms with Crippen LogP contribution in [0.15, 0.2) is 18.2 Å². The first kappa shape index (κ1) is 29.1. The minimum Gasteiger partial charge on any atom is -0.507 e. The number of aromatic hydroxyl groups is 2. The van der Waals surface area contributed by atoms with Crippen LogP contribution in [0.1, 0.15) is 67.7 Å². The van der Waals surface area contributed by atoms with E-state index in [1.807, 2.05) is 0 Å². The zero-order valence-electron chi connectivity index (χ0n) is 22.8. The van der Waals surface area contributed by atoms with Crippen molar-refractivity contribution in [1.29, 1.82) is 0 Å². The monoisotopic (exact) mass is 574 g/mol. The van der Waals surface area contributed by atoms with Crippen molar-refractivity contribution >= 4 is 17.3 Å². The number of aliphatic hydroxyl groups is 3. The van der Waals surface area contributed by atoms with E-state index in [1.54, 1.807) is 0 Å². The van der Waals surface area contributed by atoms with E-state index in [4.69, 9.17) is 23.7 Å². The summed E-state index contributed by atoms with van der Waals surface area (Å²) in [6.45, 7) is 2.65. The Morgan fingerprint density at radius 2 is 1.54 bits per heavy atom. The molecule has 41 heavy (non-hydrogen) atoms. The molecular formula is C28H30O13. The van der Waals surface area contributed by atoms with Crippen LogP contribution in [0.3, 0.4) is 0 Å². The molecule has 3 aliphatic rings. The van der Waals surface area contributed by atoms with Gasteiger partial charge < -0.3 is 49.2 Å². The number of rotatable bonds is 5. The second kappa shape index (κ2) is 10.1. The van der Waals surface area contributed by atoms with Gasteiger partial charge in [-0.05, 0) is 26.0 Å². The Kier molecular flexibility index (Phi) is 7.19. The molecule has 1 heterocycles. The number of aliphatic hydroxyl groups excluding tert-OH is 2. The number of Topliss-reactive ketones (excluding diaryl/α,β-unsaturated/α-hetero) is 1. The van der Waals surface area contributed by atoms with Crippen molar-refractivity contribution in [1.82, 2.24) is 0 Å². The van der Waals surface area contributed by atoms with Gasteiger partial charge in [0, 0.05) is 42.5 Å². The number of fused-ring (bicyclic) bond motifs is 3. The molecule has 8 atom stereocenters. The van der Waals surface area contributed by atoms with Gasteiger partial charge in [-0.3, -0.25) is 14.4 Å². The number of methoxy groups -OCH3 is 3. The Morgan fingerprint density at radius 3 is 2.15 bits per heavy atom. The molecule has 0 radical (unpaired) electrons. The van der Waals surface area contributed by atoms with Crippen molar-refractivity contribution in [2.75, 3.05) is 21.3 Å². The molecule has 5 unspecified atom stereocenters. The zero-order chi connectivity index (χ0) is 30.1. The van der Waals surface area contributed by atoms with Crippen molar-refractivity contribution in [2.45, 2.75) is 62.4 Å². The van der Waals surface area contributed by atoms with Gasteiger partial charge in [0.05, 0.1) is 24.3 Å². The fraction of sp³-hybridized carbons (Fsp3) is 0.464. The summed E-state index contributed by atoms with van der Waals surface area (Å²) >= 11 is 0. The fourth-order valence-electron chi connectivity index (χ4n) is 5.82. The lowest BCUT2D eigenvalue weighted by atomic mass is 9.72. The SMILES string of the molecule is COc1cc(O)c2c(c1)C(=O)c1cc3c(c(O)c1C2=O)[C@@H](OC1OC(C)C(O)C(O)C1OC)[C@H](OC)[C@](C)(O)C3=O. The molecule has 0 amide bonds. The van der Waals surface area contributed by atoms with E-state index in [-0.39, 0.29) is 33.6 Å². The summed E-state index contributed by atoms with van der Waals surface area (Å²) < 4.78 is 27.7. The Hall–Kier alpha value is -3.43. The lowest BCUT2D eigenvalue weighted by molar-refractivity contribution is -0.321. The maximum Gasteiger partial charge on any atom is 0.201 e. The van der Waals surface area contributed by atoms with Gasteiger partial charge in [0.15, 0.2) is 23.5 Å². The fourth-order valence-corrected chi connectivity index (χ4v) is 5.82. The van der Waals surface area contributed by atoms with Gasteiger partial charge in [-0.15, -0.1) is 0 Å². The first-order chi connectivity index (χ1) is 19.3. The van der Waals surface area contributed by atoms with E-state index in [9.17, 15) is 39.9 Å². The van der Waals surface area contributed by atoms with Gasteiger partial charge in [-0.2, -0.15) is 0 Å². The summed E-state index contributed by atoms with van der Waals surface area (Å²) in [5.41, 5.74) is -4.24. The lowest BCUT2D eigenvalue weighted by Crippen LogP contribution is -2.60. The van der Waals surface area contributed by atoms with Gasteiger partial charge >= 0.3 is 0 Å². The number of phenols is 2. The molecule has 1 aliphatic heterocycles. The molecule has 0 aromatic heterocycles. The summed E-state index contributed by atoms with van der Waals surface area (Å²) in [6.07, 6.45) is -9.35. The summed E-state index contributed by atoms with van der Waals surface area (Å²) in [4.78, 5) is 40.7. The highest BCUT2D eigenvalue weighted by Gasteiger charge is 2.56. The number of ether oxygens (including phenoxy) is 5. The number of carbonyl (C=O) groups is 3. The first-order valence-corrected chi connectivity index (χ1v) is 12.7. The van der Waals surface area contributed by atoms with Gasteiger partial charge in [-0.1, -0.05) is 0 Å². The number of carbonyl (C=O) groups excluding carboxylic acids is 3. The molecule has 5 N–H and O–H groups in total. The Balaban J connectivity index is 1.71. The van der Waals surface area contributed by atoms with Crippen LogP contribution in [0.4, 0.5) is 0 Å². The average molecular weight is 575 g/mol. The van der Waals surface area contributed by atoms with Crippen LogP contribution in [0.25, 0.3) is 0 Å². The van der Waals surface area contributed by atoms with E-state index in [1.165, 1.54) is 41.2 Å². The minimum absolute atomic E-state index is 0.102. The third kappa shape index (κ3) is 4.15. The summed E-state index contributed by atoms with van der Waals surface area (Å²) in [7, 11) is 3.75. The quantitative estimate of drug-likeness (QED) is 0.281. The van der Waals surface area contributed by atoms with Crippen molar-refractivity contribution in [2.24, 2.45) is 0 Å². The van der Waals surface area contributed by atoms with Crippen LogP contribution in [0, 0.1) is 0 Å². The molecule has 0 spiro atoms. The topological polar surface area (TPSA) is 199 Å². The molecule has 0 saturated carbocycles. The van der Waals surface area contributed by atoms with Crippen molar-refractivity contribution < 1.29 is 63.6 Å². The van der Waals surface area contributed by atoms with Crippen LogP contribution in [0.2, 0.25) is 0 Å². The molecule has 1 fully saturated rings. The number of hydrogen-bond acceptors (Lipinski definition) is 13. The summed E-state index contributed by atoms with van der Waals surface area (Å²) in [6, 6.07) is 3.48. The molecule has 5 rings (SSSR count). The maximum atomic E-state index is 13.6. The molecule has 1 saturated heterocycles. The van der Waals surface area contributed by atoms with Gasteiger partial charge in [0.25, 0.3) is 0 Å². The van der Waals surface area contributed by atoms with Crippen LogP contribution in [-0.4, -0.2) is 107 Å². The molecular weight excluding hydrogens is 544 g/mol. The van der Waals surface area contributed by atoms with Crippen LogP contribution < -0.4 is 4.74 Å². The number of phenolic OH excluding ortho intramolecular Hbond substituents is 2. The van der Waals surface area contributed by atoms with Crippen LogP contribution in [-0.2, 0) is 18.9 Å². The molecule has 2 aromatic carbocycles. The molecule has 2 aliphatic carbocycles. The largest absolute Gasteiger partial charge is 0.507 e. The molecule has 2 aromatic rings. The van der Waals surface area contributed by atoms with E-state index >= 15 is 0 Å². The van der Waals surface area contributed by atoms with Crippen LogP contribution >= 0.6 is 0 Å². The molecule has 13 heteroatoms.